The van der Waals surface area contributed by atoms with Crippen LogP contribution in [0.25, 0.3) is 10.2 Å². The van der Waals surface area contributed by atoms with Gasteiger partial charge in [-0.1, -0.05) is 11.3 Å². The van der Waals surface area contributed by atoms with Crippen LogP contribution in [-0.4, -0.2) is 30.3 Å². The van der Waals surface area contributed by atoms with E-state index >= 15 is 0 Å². The molecule has 1 fully saturated rings. The van der Waals surface area contributed by atoms with Gasteiger partial charge in [-0.25, -0.2) is 9.78 Å². The summed E-state index contributed by atoms with van der Waals surface area (Å²) in [6, 6.07) is 5.30. The average molecular weight is 278 g/mol. The molecule has 0 bridgehead atoms. The van der Waals surface area contributed by atoms with Gasteiger partial charge in [-0.2, -0.15) is 0 Å². The number of hydrogen-bond donors (Lipinski definition) is 1. The highest BCUT2D eigenvalue weighted by Crippen LogP contribution is 2.25. The van der Waals surface area contributed by atoms with Crippen LogP contribution in [0.5, 0.6) is 0 Å². The first kappa shape index (κ1) is 12.4. The third kappa shape index (κ3) is 2.69. The van der Waals surface area contributed by atoms with E-state index in [0.717, 1.165) is 23.1 Å². The van der Waals surface area contributed by atoms with Gasteiger partial charge in [0.15, 0.2) is 5.13 Å². The van der Waals surface area contributed by atoms with Gasteiger partial charge in [0.2, 0.25) is 0 Å². The Balaban J connectivity index is 1.76. The molecule has 0 amide bonds. The fourth-order valence-electron chi connectivity index (χ4n) is 2.08. The minimum absolute atomic E-state index is 0.0384. The van der Waals surface area contributed by atoms with Crippen molar-refractivity contribution in [1.82, 2.24) is 4.98 Å². The number of thiazole rings is 1. The van der Waals surface area contributed by atoms with E-state index in [9.17, 15) is 4.79 Å². The quantitative estimate of drug-likeness (QED) is 0.852. The number of rotatable bonds is 2. The molecule has 2 heterocycles. The molecule has 1 aliphatic rings. The van der Waals surface area contributed by atoms with Crippen LogP contribution in [-0.2, 0) is 9.47 Å². The van der Waals surface area contributed by atoms with Crippen molar-refractivity contribution in [2.75, 3.05) is 18.9 Å². The molecule has 1 aliphatic heterocycles. The summed E-state index contributed by atoms with van der Waals surface area (Å²) < 4.78 is 11.6. The second-order valence-corrected chi connectivity index (χ2v) is 5.51. The maximum atomic E-state index is 12.1. The van der Waals surface area contributed by atoms with Crippen LogP contribution in [0.15, 0.2) is 18.2 Å². The highest BCUT2D eigenvalue weighted by molar-refractivity contribution is 7.22. The summed E-state index contributed by atoms with van der Waals surface area (Å²) >= 11 is 1.37. The van der Waals surface area contributed by atoms with Crippen molar-refractivity contribution in [1.29, 1.82) is 0 Å². The topological polar surface area (TPSA) is 74.4 Å². The summed E-state index contributed by atoms with van der Waals surface area (Å²) in [6.45, 7) is 1.31. The Kier molecular flexibility index (Phi) is 3.35. The fourth-order valence-corrected chi connectivity index (χ4v) is 2.86. The van der Waals surface area contributed by atoms with Crippen LogP contribution in [0, 0.1) is 0 Å². The minimum atomic E-state index is -0.291. The molecule has 1 aromatic heterocycles. The normalized spacial score (nSPS) is 16.6. The van der Waals surface area contributed by atoms with Crippen molar-refractivity contribution >= 4 is 32.7 Å². The van der Waals surface area contributed by atoms with E-state index in [1.54, 1.807) is 18.2 Å². The van der Waals surface area contributed by atoms with Crippen LogP contribution in [0.3, 0.4) is 0 Å². The summed E-state index contributed by atoms with van der Waals surface area (Å²) in [6.07, 6.45) is 1.49. The van der Waals surface area contributed by atoms with E-state index in [4.69, 9.17) is 15.2 Å². The Morgan fingerprint density at radius 1 is 1.42 bits per heavy atom. The molecule has 0 atom stereocenters. The second kappa shape index (κ2) is 5.14. The van der Waals surface area contributed by atoms with Gasteiger partial charge in [0.05, 0.1) is 29.0 Å². The standard InChI is InChI=1S/C13H14N2O3S/c14-13-15-10-2-1-8(7-11(10)19-13)12(16)18-9-3-5-17-6-4-9/h1-2,7,9H,3-6H2,(H2,14,15). The van der Waals surface area contributed by atoms with Gasteiger partial charge in [-0.05, 0) is 18.2 Å². The maximum absolute atomic E-state index is 12.1. The lowest BCUT2D eigenvalue weighted by Crippen LogP contribution is -2.26. The molecule has 3 rings (SSSR count). The monoisotopic (exact) mass is 278 g/mol. The van der Waals surface area contributed by atoms with Crippen molar-refractivity contribution < 1.29 is 14.3 Å². The number of ether oxygens (including phenoxy) is 2. The second-order valence-electron chi connectivity index (χ2n) is 4.45. The summed E-state index contributed by atoms with van der Waals surface area (Å²) in [5, 5.41) is 0.505. The Labute approximate surface area is 114 Å². The minimum Gasteiger partial charge on any atom is -0.459 e. The number of nitrogens with zero attached hydrogens (tertiary/aromatic N) is 1. The molecule has 19 heavy (non-hydrogen) atoms. The Morgan fingerprint density at radius 3 is 3.00 bits per heavy atom. The first-order valence-electron chi connectivity index (χ1n) is 6.17. The van der Waals surface area contributed by atoms with E-state index in [1.807, 2.05) is 0 Å². The largest absolute Gasteiger partial charge is 0.459 e. The molecule has 0 unspecified atom stereocenters. The highest BCUT2D eigenvalue weighted by atomic mass is 32.1. The van der Waals surface area contributed by atoms with Gasteiger partial charge in [-0.3, -0.25) is 0 Å². The molecular weight excluding hydrogens is 264 g/mol. The van der Waals surface area contributed by atoms with E-state index in [2.05, 4.69) is 4.98 Å². The first-order valence-corrected chi connectivity index (χ1v) is 6.99. The molecule has 100 valence electrons. The number of hydrogen-bond acceptors (Lipinski definition) is 6. The molecule has 6 heteroatoms. The first-order chi connectivity index (χ1) is 9.22. The van der Waals surface area contributed by atoms with Crippen LogP contribution in [0.2, 0.25) is 0 Å². The molecule has 0 saturated carbocycles. The van der Waals surface area contributed by atoms with E-state index in [1.165, 1.54) is 11.3 Å². The van der Waals surface area contributed by atoms with Gasteiger partial charge in [0, 0.05) is 12.8 Å². The lowest BCUT2D eigenvalue weighted by Gasteiger charge is -2.22. The van der Waals surface area contributed by atoms with Crippen LogP contribution in [0.4, 0.5) is 5.13 Å². The molecule has 1 aromatic carbocycles. The number of nitrogen functional groups attached to an aromatic ring is 1. The number of nitrogens with two attached hydrogens (primary N) is 1. The predicted octanol–water partition coefficient (Wildman–Crippen LogP) is 2.21. The number of anilines is 1. The van der Waals surface area contributed by atoms with Crippen molar-refractivity contribution in [2.24, 2.45) is 0 Å². The summed E-state index contributed by atoms with van der Waals surface area (Å²) in [7, 11) is 0. The summed E-state index contributed by atoms with van der Waals surface area (Å²) in [5.41, 5.74) is 7.00. The van der Waals surface area contributed by atoms with E-state index in [0.29, 0.717) is 23.9 Å². The number of aromatic nitrogens is 1. The van der Waals surface area contributed by atoms with Crippen molar-refractivity contribution in [3.05, 3.63) is 23.8 Å². The molecule has 1 saturated heterocycles. The molecule has 0 spiro atoms. The molecule has 2 aromatic rings. The van der Waals surface area contributed by atoms with Crippen LogP contribution < -0.4 is 5.73 Å². The summed E-state index contributed by atoms with van der Waals surface area (Å²) in [4.78, 5) is 16.2. The zero-order valence-electron chi connectivity index (χ0n) is 10.3. The third-order valence-corrected chi connectivity index (χ3v) is 3.93. The van der Waals surface area contributed by atoms with Gasteiger partial charge in [0.25, 0.3) is 0 Å². The SMILES string of the molecule is Nc1nc2ccc(C(=O)OC3CCOCC3)cc2s1. The van der Waals surface area contributed by atoms with Gasteiger partial charge >= 0.3 is 5.97 Å². The smallest absolute Gasteiger partial charge is 0.338 e. The number of carbonyl (C=O) groups is 1. The van der Waals surface area contributed by atoms with Crippen molar-refractivity contribution in [2.45, 2.75) is 18.9 Å². The molecule has 2 N–H and O–H groups in total. The van der Waals surface area contributed by atoms with E-state index in [-0.39, 0.29) is 12.1 Å². The van der Waals surface area contributed by atoms with Gasteiger partial charge in [0.1, 0.15) is 6.10 Å². The van der Waals surface area contributed by atoms with Crippen molar-refractivity contribution in [3.63, 3.8) is 0 Å². The number of fused-ring (bicyclic) bond motifs is 1. The number of esters is 1. The molecular formula is C13H14N2O3S. The lowest BCUT2D eigenvalue weighted by atomic mass is 10.1. The Hall–Kier alpha value is -1.66. The zero-order chi connectivity index (χ0) is 13.2. The summed E-state index contributed by atoms with van der Waals surface area (Å²) in [5.74, 6) is -0.291. The van der Waals surface area contributed by atoms with E-state index < -0.39 is 0 Å². The van der Waals surface area contributed by atoms with Gasteiger partial charge in [-0.15, -0.1) is 0 Å². The molecule has 0 radical (unpaired) electrons. The number of carbonyl (C=O) groups excluding carboxylic acids is 1. The lowest BCUT2D eigenvalue weighted by molar-refractivity contribution is -0.0159. The average Bonchev–Trinajstić information content (AvgIpc) is 2.78. The fraction of sp³-hybridized carbons (Fsp3) is 0.385. The van der Waals surface area contributed by atoms with Crippen LogP contribution >= 0.6 is 11.3 Å². The predicted molar refractivity (Wildman–Crippen MR) is 73.3 cm³/mol. The number of benzene rings is 1. The highest BCUT2D eigenvalue weighted by Gasteiger charge is 2.19. The zero-order valence-corrected chi connectivity index (χ0v) is 11.1. The molecule has 5 nitrogen and oxygen atoms in total. The van der Waals surface area contributed by atoms with Crippen molar-refractivity contribution in [3.8, 4) is 0 Å². The third-order valence-electron chi connectivity index (χ3n) is 3.08. The maximum Gasteiger partial charge on any atom is 0.338 e. The van der Waals surface area contributed by atoms with Crippen LogP contribution in [0.1, 0.15) is 23.2 Å². The molecule has 0 aliphatic carbocycles. The Bertz CT molecular complexity index is 605. The van der Waals surface area contributed by atoms with Gasteiger partial charge < -0.3 is 15.2 Å². The Morgan fingerprint density at radius 2 is 2.21 bits per heavy atom.